The van der Waals surface area contributed by atoms with Gasteiger partial charge in [-0.15, -0.1) is 0 Å². The van der Waals surface area contributed by atoms with E-state index in [1.54, 1.807) is 4.90 Å². The maximum Gasteiger partial charge on any atom is 0.239 e. The van der Waals surface area contributed by atoms with Crippen molar-refractivity contribution in [1.82, 2.24) is 10.2 Å². The predicted octanol–water partition coefficient (Wildman–Crippen LogP) is 2.70. The van der Waals surface area contributed by atoms with Crippen LogP contribution in [0.25, 0.3) is 11.0 Å². The number of rotatable bonds is 5. The van der Waals surface area contributed by atoms with Crippen LogP contribution < -0.4 is 5.32 Å². The van der Waals surface area contributed by atoms with Crippen LogP contribution in [0.5, 0.6) is 0 Å². The van der Waals surface area contributed by atoms with E-state index in [1.807, 2.05) is 52.1 Å². The summed E-state index contributed by atoms with van der Waals surface area (Å²) in [5, 5.41) is 4.39. The summed E-state index contributed by atoms with van der Waals surface area (Å²) in [6.07, 6.45) is 0. The zero-order chi connectivity index (χ0) is 14.7. The lowest BCUT2D eigenvalue weighted by atomic mass is 10.1. The molecule has 1 N–H and O–H groups in total. The molecule has 0 saturated carbocycles. The van der Waals surface area contributed by atoms with Crippen LogP contribution >= 0.6 is 0 Å². The molecule has 0 aliphatic carbocycles. The Kier molecular flexibility index (Phi) is 4.45. The molecule has 0 aliphatic rings. The van der Waals surface area contributed by atoms with Crippen molar-refractivity contribution in [2.45, 2.75) is 33.4 Å². The van der Waals surface area contributed by atoms with Crippen LogP contribution in [0.3, 0.4) is 0 Å². The van der Waals surface area contributed by atoms with E-state index >= 15 is 0 Å². The number of carbonyl (C=O) groups is 1. The Morgan fingerprint density at radius 3 is 2.80 bits per heavy atom. The number of benzene rings is 1. The fourth-order valence-electron chi connectivity index (χ4n) is 2.27. The number of hydrogen-bond donors (Lipinski definition) is 1. The Labute approximate surface area is 119 Å². The van der Waals surface area contributed by atoms with Gasteiger partial charge in [-0.2, -0.15) is 0 Å². The molecule has 0 bridgehead atoms. The highest BCUT2D eigenvalue weighted by Crippen LogP contribution is 2.25. The van der Waals surface area contributed by atoms with E-state index in [9.17, 15) is 4.79 Å². The normalized spacial score (nSPS) is 12.6. The first-order chi connectivity index (χ1) is 9.54. The zero-order valence-electron chi connectivity index (χ0n) is 12.6. The van der Waals surface area contributed by atoms with Gasteiger partial charge in [0.25, 0.3) is 0 Å². The molecule has 0 aliphatic heterocycles. The lowest BCUT2D eigenvalue weighted by Gasteiger charge is -2.20. The molecule has 1 amide bonds. The van der Waals surface area contributed by atoms with E-state index in [0.717, 1.165) is 28.8 Å². The molecule has 0 spiro atoms. The van der Waals surface area contributed by atoms with Crippen LogP contribution in [0.15, 0.2) is 28.7 Å². The number of aryl methyl sites for hydroxylation is 1. The van der Waals surface area contributed by atoms with Gasteiger partial charge in [0.15, 0.2) is 0 Å². The lowest BCUT2D eigenvalue weighted by Crippen LogP contribution is -2.42. The number of fused-ring (bicyclic) bond motifs is 1. The number of para-hydroxylation sites is 1. The average molecular weight is 274 g/mol. The predicted molar refractivity (Wildman–Crippen MR) is 80.6 cm³/mol. The summed E-state index contributed by atoms with van der Waals surface area (Å²) in [6.45, 7) is 7.18. The summed E-state index contributed by atoms with van der Waals surface area (Å²) in [6, 6.07) is 7.78. The average Bonchev–Trinajstić information content (AvgIpc) is 2.78. The third-order valence-electron chi connectivity index (χ3n) is 3.71. The van der Waals surface area contributed by atoms with Crippen LogP contribution in [0.4, 0.5) is 0 Å². The van der Waals surface area contributed by atoms with Gasteiger partial charge in [-0.25, -0.2) is 0 Å². The zero-order valence-corrected chi connectivity index (χ0v) is 12.6. The molecule has 108 valence electrons. The monoisotopic (exact) mass is 274 g/mol. The summed E-state index contributed by atoms with van der Waals surface area (Å²) in [4.78, 5) is 13.7. The van der Waals surface area contributed by atoms with Gasteiger partial charge in [-0.1, -0.05) is 18.2 Å². The second-order valence-electron chi connectivity index (χ2n) is 5.09. The van der Waals surface area contributed by atoms with Gasteiger partial charge in [0.1, 0.15) is 11.3 Å². The smallest absolute Gasteiger partial charge is 0.239 e. The Morgan fingerprint density at radius 2 is 2.10 bits per heavy atom. The first-order valence-corrected chi connectivity index (χ1v) is 7.00. The van der Waals surface area contributed by atoms with E-state index in [0.29, 0.717) is 6.54 Å². The Hall–Kier alpha value is -1.81. The second-order valence-corrected chi connectivity index (χ2v) is 5.09. The Bertz CT molecular complexity index is 604. The molecule has 20 heavy (non-hydrogen) atoms. The number of amides is 1. The minimum atomic E-state index is -0.201. The van der Waals surface area contributed by atoms with Gasteiger partial charge in [0.05, 0.1) is 6.04 Å². The van der Waals surface area contributed by atoms with Crippen molar-refractivity contribution in [3.63, 3.8) is 0 Å². The first kappa shape index (κ1) is 14.6. The van der Waals surface area contributed by atoms with Crippen LogP contribution in [0.2, 0.25) is 0 Å². The molecule has 1 aromatic carbocycles. The van der Waals surface area contributed by atoms with E-state index in [-0.39, 0.29) is 11.9 Å². The maximum atomic E-state index is 12.0. The molecule has 4 nitrogen and oxygen atoms in total. The number of nitrogens with zero attached hydrogens (tertiary/aromatic N) is 1. The van der Waals surface area contributed by atoms with Crippen molar-refractivity contribution in [2.75, 3.05) is 13.6 Å². The summed E-state index contributed by atoms with van der Waals surface area (Å²) in [7, 11) is 1.82. The van der Waals surface area contributed by atoms with Crippen LogP contribution in [-0.4, -0.2) is 30.4 Å². The highest BCUT2D eigenvalue weighted by Gasteiger charge is 2.17. The van der Waals surface area contributed by atoms with E-state index in [4.69, 9.17) is 4.42 Å². The molecule has 2 rings (SSSR count). The van der Waals surface area contributed by atoms with Crippen molar-refractivity contribution < 1.29 is 9.21 Å². The number of furan rings is 1. The molecular formula is C16H22N2O2. The van der Waals surface area contributed by atoms with Crippen LogP contribution in [0.1, 0.15) is 25.2 Å². The number of hydrogen-bond acceptors (Lipinski definition) is 3. The SMILES string of the molecule is CCN(C)C(=O)C(C)NCc1c(C)oc2ccccc12. The number of nitrogens with one attached hydrogen (secondary N) is 1. The van der Waals surface area contributed by atoms with Crippen molar-refractivity contribution in [3.05, 3.63) is 35.6 Å². The first-order valence-electron chi connectivity index (χ1n) is 7.00. The summed E-state index contributed by atoms with van der Waals surface area (Å²) in [5.41, 5.74) is 2.02. The Morgan fingerprint density at radius 1 is 1.40 bits per heavy atom. The van der Waals surface area contributed by atoms with E-state index in [2.05, 4.69) is 5.32 Å². The van der Waals surface area contributed by atoms with E-state index < -0.39 is 0 Å². The fraction of sp³-hybridized carbons (Fsp3) is 0.438. The number of carbonyl (C=O) groups excluding carboxylic acids is 1. The molecule has 4 heteroatoms. The van der Waals surface area contributed by atoms with Gasteiger partial charge in [0.2, 0.25) is 5.91 Å². The van der Waals surface area contributed by atoms with E-state index in [1.165, 1.54) is 0 Å². The number of likely N-dealkylation sites (N-methyl/N-ethyl adjacent to an activating group) is 1. The molecular weight excluding hydrogens is 252 g/mol. The standard InChI is InChI=1S/C16H22N2O2/c1-5-18(4)16(19)11(2)17-10-14-12(3)20-15-9-7-6-8-13(14)15/h6-9,11,17H,5,10H2,1-4H3. The molecule has 1 heterocycles. The van der Waals surface area contributed by atoms with Gasteiger partial charge >= 0.3 is 0 Å². The van der Waals surface area contributed by atoms with Gasteiger partial charge in [-0.3, -0.25) is 4.79 Å². The van der Waals surface area contributed by atoms with Crippen molar-refractivity contribution >= 4 is 16.9 Å². The second kappa shape index (κ2) is 6.09. The molecule has 1 aromatic heterocycles. The van der Waals surface area contributed by atoms with Crippen LogP contribution in [-0.2, 0) is 11.3 Å². The summed E-state index contributed by atoms with van der Waals surface area (Å²) < 4.78 is 5.73. The topological polar surface area (TPSA) is 45.5 Å². The van der Waals surface area contributed by atoms with Gasteiger partial charge < -0.3 is 14.6 Å². The fourth-order valence-corrected chi connectivity index (χ4v) is 2.27. The minimum absolute atomic E-state index is 0.109. The quantitative estimate of drug-likeness (QED) is 0.911. The molecule has 1 atom stereocenters. The highest BCUT2D eigenvalue weighted by atomic mass is 16.3. The largest absolute Gasteiger partial charge is 0.461 e. The van der Waals surface area contributed by atoms with Gasteiger partial charge in [0, 0.05) is 31.1 Å². The van der Waals surface area contributed by atoms with Crippen molar-refractivity contribution in [3.8, 4) is 0 Å². The minimum Gasteiger partial charge on any atom is -0.461 e. The molecule has 1 unspecified atom stereocenters. The lowest BCUT2D eigenvalue weighted by molar-refractivity contribution is -0.131. The third kappa shape index (κ3) is 2.85. The maximum absolute atomic E-state index is 12.0. The molecule has 0 saturated heterocycles. The van der Waals surface area contributed by atoms with Gasteiger partial charge in [-0.05, 0) is 26.8 Å². The van der Waals surface area contributed by atoms with Crippen LogP contribution in [0, 0.1) is 6.92 Å². The van der Waals surface area contributed by atoms with Crippen molar-refractivity contribution in [1.29, 1.82) is 0 Å². The molecule has 2 aromatic rings. The highest BCUT2D eigenvalue weighted by molar-refractivity contribution is 5.83. The third-order valence-corrected chi connectivity index (χ3v) is 3.71. The van der Waals surface area contributed by atoms with Crippen molar-refractivity contribution in [2.24, 2.45) is 0 Å². The molecule has 0 radical (unpaired) electrons. The summed E-state index contributed by atoms with van der Waals surface area (Å²) in [5.74, 6) is 1.01. The Balaban J connectivity index is 2.10. The molecule has 0 fully saturated rings. The summed E-state index contributed by atoms with van der Waals surface area (Å²) >= 11 is 0.